The highest BCUT2D eigenvalue weighted by molar-refractivity contribution is 6.23. The maximum atomic E-state index is 2.63. The fourth-order valence-corrected chi connectivity index (χ4v) is 21.1. The summed E-state index contributed by atoms with van der Waals surface area (Å²) in [6.07, 6.45) is 21.5. The van der Waals surface area contributed by atoms with E-state index in [2.05, 4.69) is 391 Å². The Hall–Kier alpha value is -11.8. The van der Waals surface area contributed by atoms with Crippen LogP contribution in [0.25, 0.3) is 76.8 Å². The standard InChI is InChI=1S/C104H82N2/c1-101(2)89-41-25-23-39-79(89)81-53-47-75(63-95(81)101)105(71-33-15-9-16-34-71)73-49-55-83-87(61-73)97(67-43-51-85-93(59-67)102(3,4)91-57-45-65-27-19-21-37-77(65)99(85)91)84-56-50-74(62-88(84)98(83)68-44-52-86-94(60-68)103(5,6)92-58-46-66-28-20-22-38-78(66)100(86)92)106(72-35-17-10-18-36-72)76-48-54-82-80-40-24-26-42-90(80)104(96(82)64-76,69-29-11-7-12-30-69)70-31-13-8-14-32-70/h7-18,20-26,28-64,79,89,91,99H,19,27H2,1-6H3. The van der Waals surface area contributed by atoms with Gasteiger partial charge in [0.1, 0.15) is 0 Å². The summed E-state index contributed by atoms with van der Waals surface area (Å²) in [4.78, 5) is 5.06. The number of fused-ring (bicyclic) bond motifs is 17. The van der Waals surface area contributed by atoms with Crippen molar-refractivity contribution in [3.8, 4) is 44.5 Å². The van der Waals surface area contributed by atoms with Crippen LogP contribution in [0, 0.1) is 11.8 Å². The molecule has 2 heteroatoms. The van der Waals surface area contributed by atoms with E-state index in [9.17, 15) is 0 Å². The lowest BCUT2D eigenvalue weighted by Crippen LogP contribution is -2.28. The van der Waals surface area contributed by atoms with Gasteiger partial charge < -0.3 is 9.80 Å². The smallest absolute Gasteiger partial charge is 0.0714 e. The number of hydrogen-bond acceptors (Lipinski definition) is 2. The number of benzene rings is 14. The van der Waals surface area contributed by atoms with Crippen LogP contribution in [0.15, 0.2) is 351 Å². The first-order valence-corrected chi connectivity index (χ1v) is 38.3. The number of para-hydroxylation sites is 2. The molecule has 7 aliphatic carbocycles. The zero-order valence-corrected chi connectivity index (χ0v) is 60.9. The second kappa shape index (κ2) is 23.3. The fraction of sp³-hybridized carbons (Fsp3) is 0.154. The normalized spacial score (nSPS) is 19.3. The Kier molecular flexibility index (Phi) is 13.8. The van der Waals surface area contributed by atoms with Crippen LogP contribution in [0.5, 0.6) is 0 Å². The predicted molar refractivity (Wildman–Crippen MR) is 445 cm³/mol. The summed E-state index contributed by atoms with van der Waals surface area (Å²) < 4.78 is 0. The van der Waals surface area contributed by atoms with Gasteiger partial charge in [-0.15, -0.1) is 0 Å². The molecular formula is C104H82N2. The van der Waals surface area contributed by atoms with Crippen molar-refractivity contribution in [2.24, 2.45) is 11.8 Å². The van der Waals surface area contributed by atoms with Crippen LogP contribution in [0.2, 0.25) is 0 Å². The molecular weight excluding hydrogens is 1280 g/mol. The van der Waals surface area contributed by atoms with Crippen molar-refractivity contribution in [1.29, 1.82) is 0 Å². The van der Waals surface area contributed by atoms with Gasteiger partial charge >= 0.3 is 0 Å². The van der Waals surface area contributed by atoms with Gasteiger partial charge in [0.2, 0.25) is 0 Å². The van der Waals surface area contributed by atoms with E-state index in [1.165, 1.54) is 144 Å². The molecule has 14 aromatic rings. The zero-order chi connectivity index (χ0) is 71.0. The fourth-order valence-electron chi connectivity index (χ4n) is 21.1. The third-order valence-corrected chi connectivity index (χ3v) is 26.2. The van der Waals surface area contributed by atoms with E-state index >= 15 is 0 Å². The topological polar surface area (TPSA) is 6.48 Å². The lowest BCUT2D eigenvalue weighted by molar-refractivity contribution is 0.387. The van der Waals surface area contributed by atoms with Gasteiger partial charge in [-0.2, -0.15) is 0 Å². The average molecular weight is 1360 g/mol. The SMILES string of the molecule is CC1(C)c2cc(-c3c4ccc(N(c5ccccc5)c5ccc6c(c5)C(C)(C)C5C=CC=CC65)cc4c(-c4ccc5c(c4)C(C)(C)C4C=CC6=C(C=CCC6)C54)c4ccc(N(c5ccccc5)c5ccc6c(c5)C(c5ccccc5)(c5ccccc5)c5ccccc5-6)cc34)ccc2-c2c1ccc1ccccc21. The van der Waals surface area contributed by atoms with Crippen molar-refractivity contribution in [1.82, 2.24) is 0 Å². The molecule has 4 unspecified atom stereocenters. The highest BCUT2D eigenvalue weighted by atomic mass is 15.1. The molecule has 106 heavy (non-hydrogen) atoms. The van der Waals surface area contributed by atoms with Crippen LogP contribution >= 0.6 is 0 Å². The number of nitrogens with zero attached hydrogens (tertiary/aromatic N) is 2. The molecule has 508 valence electrons. The number of anilines is 6. The van der Waals surface area contributed by atoms with Gasteiger partial charge in [-0.05, 0) is 258 Å². The number of rotatable bonds is 10. The van der Waals surface area contributed by atoms with Crippen LogP contribution in [0.4, 0.5) is 34.1 Å². The largest absolute Gasteiger partial charge is 0.310 e. The van der Waals surface area contributed by atoms with Gasteiger partial charge in [0.05, 0.1) is 5.41 Å². The van der Waals surface area contributed by atoms with E-state index in [-0.39, 0.29) is 16.2 Å². The highest BCUT2D eigenvalue weighted by Gasteiger charge is 2.50. The molecule has 7 aliphatic rings. The van der Waals surface area contributed by atoms with Gasteiger partial charge in [0.25, 0.3) is 0 Å². The van der Waals surface area contributed by atoms with Crippen molar-refractivity contribution in [3.05, 3.63) is 407 Å². The second-order valence-electron chi connectivity index (χ2n) is 32.5. The molecule has 0 N–H and O–H groups in total. The van der Waals surface area contributed by atoms with Crippen molar-refractivity contribution >= 4 is 66.4 Å². The molecule has 0 aliphatic heterocycles. The monoisotopic (exact) mass is 1360 g/mol. The van der Waals surface area contributed by atoms with Crippen LogP contribution in [-0.2, 0) is 21.7 Å². The summed E-state index contributed by atoms with van der Waals surface area (Å²) in [5, 5.41) is 7.42. The highest BCUT2D eigenvalue weighted by Crippen LogP contribution is 2.62. The molecule has 4 atom stereocenters. The van der Waals surface area contributed by atoms with Crippen molar-refractivity contribution < 1.29 is 0 Å². The molecule has 14 aromatic carbocycles. The number of hydrogen-bond donors (Lipinski definition) is 0. The summed E-state index contributed by atoms with van der Waals surface area (Å²) in [5.41, 5.74) is 32.2. The van der Waals surface area contributed by atoms with Crippen molar-refractivity contribution in [2.45, 2.75) is 87.9 Å². The zero-order valence-electron chi connectivity index (χ0n) is 60.9. The van der Waals surface area contributed by atoms with Gasteiger partial charge in [-0.1, -0.05) is 302 Å². The molecule has 0 fully saturated rings. The minimum Gasteiger partial charge on any atom is -0.310 e. The third kappa shape index (κ3) is 8.97. The van der Waals surface area contributed by atoms with Gasteiger partial charge in [0.15, 0.2) is 0 Å². The Labute approximate surface area is 623 Å². The summed E-state index contributed by atoms with van der Waals surface area (Å²) in [6.45, 7) is 14.8. The van der Waals surface area contributed by atoms with E-state index in [1.807, 2.05) is 0 Å². The van der Waals surface area contributed by atoms with Crippen LogP contribution in [0.1, 0.15) is 122 Å². The second-order valence-corrected chi connectivity index (χ2v) is 32.5. The Morgan fingerprint density at radius 1 is 0.330 bits per heavy atom. The molecule has 0 radical (unpaired) electrons. The lowest BCUT2D eigenvalue weighted by atomic mass is 9.67. The van der Waals surface area contributed by atoms with Gasteiger partial charge in [-0.3, -0.25) is 0 Å². The maximum Gasteiger partial charge on any atom is 0.0714 e. The van der Waals surface area contributed by atoms with E-state index in [0.717, 1.165) is 47.0 Å². The molecule has 0 aromatic heterocycles. The van der Waals surface area contributed by atoms with Crippen LogP contribution in [0.3, 0.4) is 0 Å². The predicted octanol–water partition coefficient (Wildman–Crippen LogP) is 27.4. The molecule has 0 spiro atoms. The minimum atomic E-state index is -0.588. The Morgan fingerprint density at radius 2 is 0.858 bits per heavy atom. The molecule has 2 nitrogen and oxygen atoms in total. The first-order chi connectivity index (χ1) is 51.8. The van der Waals surface area contributed by atoms with E-state index < -0.39 is 5.41 Å². The van der Waals surface area contributed by atoms with E-state index in [4.69, 9.17) is 0 Å². The lowest BCUT2D eigenvalue weighted by Gasteiger charge is -2.35. The molecule has 0 saturated heterocycles. The van der Waals surface area contributed by atoms with Crippen LogP contribution in [-0.4, -0.2) is 0 Å². The Bertz CT molecular complexity index is 6150. The summed E-state index contributed by atoms with van der Waals surface area (Å²) in [6, 6.07) is 112. The van der Waals surface area contributed by atoms with Gasteiger partial charge in [-0.25, -0.2) is 0 Å². The first kappa shape index (κ1) is 62.7. The van der Waals surface area contributed by atoms with Crippen molar-refractivity contribution in [2.75, 3.05) is 9.80 Å². The average Bonchev–Trinajstić information content (AvgIpc) is 1.55. The summed E-state index contributed by atoms with van der Waals surface area (Å²) in [5.74, 6) is 1.39. The maximum absolute atomic E-state index is 2.63. The van der Waals surface area contributed by atoms with Crippen LogP contribution < -0.4 is 9.80 Å². The summed E-state index contributed by atoms with van der Waals surface area (Å²) in [7, 11) is 0. The number of allylic oxidation sites excluding steroid dienone is 10. The first-order valence-electron chi connectivity index (χ1n) is 38.3. The molecule has 0 saturated carbocycles. The Morgan fingerprint density at radius 3 is 1.55 bits per heavy atom. The third-order valence-electron chi connectivity index (χ3n) is 26.2. The van der Waals surface area contributed by atoms with Crippen molar-refractivity contribution in [3.63, 3.8) is 0 Å². The minimum absolute atomic E-state index is 0.0703. The quantitative estimate of drug-likeness (QED) is 0.126. The molecule has 0 amide bonds. The molecule has 0 bridgehead atoms. The Balaban J connectivity index is 0.851. The molecule has 0 heterocycles. The van der Waals surface area contributed by atoms with E-state index in [1.54, 1.807) is 0 Å². The van der Waals surface area contributed by atoms with E-state index in [0.29, 0.717) is 23.7 Å². The summed E-state index contributed by atoms with van der Waals surface area (Å²) >= 11 is 0. The van der Waals surface area contributed by atoms with Gasteiger partial charge in [0, 0.05) is 51.4 Å². The molecule has 21 rings (SSSR count).